The number of urea groups is 1. The number of hydrogen-bond donors (Lipinski definition) is 1. The van der Waals surface area contributed by atoms with Gasteiger partial charge in [-0.15, -0.1) is 4.99 Å². The van der Waals surface area contributed by atoms with E-state index in [4.69, 9.17) is 4.74 Å². The molecule has 0 aromatic heterocycles. The van der Waals surface area contributed by atoms with Crippen molar-refractivity contribution in [2.45, 2.75) is 33.3 Å². The van der Waals surface area contributed by atoms with Gasteiger partial charge in [-0.3, -0.25) is 4.48 Å². The minimum Gasteiger partial charge on any atom is -0.382 e. The number of methoxy groups -OCH3 is 1. The third-order valence-electron chi connectivity index (χ3n) is 3.27. The SMILES string of the molecule is CC=C(C)[N+](C)(C=NC(=O)NC)CCC(C)OC. The van der Waals surface area contributed by atoms with Gasteiger partial charge in [-0.1, -0.05) is 0 Å². The molecule has 0 fully saturated rings. The highest BCUT2D eigenvalue weighted by atomic mass is 16.5. The summed E-state index contributed by atoms with van der Waals surface area (Å²) in [4.78, 5) is 15.1. The maximum absolute atomic E-state index is 11.2. The van der Waals surface area contributed by atoms with E-state index in [-0.39, 0.29) is 12.1 Å². The molecule has 104 valence electrons. The summed E-state index contributed by atoms with van der Waals surface area (Å²) in [6, 6.07) is -0.331. The van der Waals surface area contributed by atoms with Crippen molar-refractivity contribution >= 4 is 12.4 Å². The predicted octanol–water partition coefficient (Wildman–Crippen LogP) is 2.15. The van der Waals surface area contributed by atoms with Gasteiger partial charge in [-0.05, 0) is 19.9 Å². The van der Waals surface area contributed by atoms with Crippen LogP contribution in [-0.2, 0) is 4.74 Å². The van der Waals surface area contributed by atoms with E-state index < -0.39 is 0 Å². The fourth-order valence-electron chi connectivity index (χ4n) is 1.43. The summed E-state index contributed by atoms with van der Waals surface area (Å²) in [5.74, 6) is 0. The van der Waals surface area contributed by atoms with E-state index in [0.717, 1.165) is 18.7 Å². The van der Waals surface area contributed by atoms with Crippen molar-refractivity contribution in [2.75, 3.05) is 27.7 Å². The molecule has 0 radical (unpaired) electrons. The Morgan fingerprint density at radius 2 is 2.17 bits per heavy atom. The van der Waals surface area contributed by atoms with Crippen LogP contribution in [0.4, 0.5) is 4.79 Å². The number of amides is 2. The Morgan fingerprint density at radius 3 is 2.61 bits per heavy atom. The summed E-state index contributed by atoms with van der Waals surface area (Å²) in [5, 5.41) is 2.48. The highest BCUT2D eigenvalue weighted by Crippen LogP contribution is 2.14. The summed E-state index contributed by atoms with van der Waals surface area (Å²) in [5.41, 5.74) is 1.14. The van der Waals surface area contributed by atoms with Crippen LogP contribution in [0.15, 0.2) is 16.8 Å². The molecule has 0 aromatic rings. The highest BCUT2D eigenvalue weighted by molar-refractivity contribution is 5.81. The van der Waals surface area contributed by atoms with Gasteiger partial charge >= 0.3 is 6.03 Å². The van der Waals surface area contributed by atoms with E-state index in [2.05, 4.69) is 10.3 Å². The van der Waals surface area contributed by atoms with E-state index in [0.29, 0.717) is 4.48 Å². The average molecular weight is 256 g/mol. The average Bonchev–Trinajstić information content (AvgIpc) is 2.40. The monoisotopic (exact) mass is 256 g/mol. The van der Waals surface area contributed by atoms with Crippen molar-refractivity contribution in [3.05, 3.63) is 11.8 Å². The number of allylic oxidation sites excluding steroid dienone is 2. The molecule has 5 nitrogen and oxygen atoms in total. The molecule has 0 spiro atoms. The van der Waals surface area contributed by atoms with Crippen LogP contribution in [0.25, 0.3) is 0 Å². The normalized spacial score (nSPS) is 17.6. The largest absolute Gasteiger partial charge is 0.382 e. The number of quaternary nitrogens is 1. The third-order valence-corrected chi connectivity index (χ3v) is 3.27. The molecule has 0 saturated carbocycles. The topological polar surface area (TPSA) is 50.7 Å². The van der Waals surface area contributed by atoms with Gasteiger partial charge in [0.15, 0.2) is 6.34 Å². The Labute approximate surface area is 110 Å². The maximum atomic E-state index is 11.2. The molecule has 18 heavy (non-hydrogen) atoms. The molecule has 0 bridgehead atoms. The van der Waals surface area contributed by atoms with Gasteiger partial charge in [0, 0.05) is 27.5 Å². The molecule has 0 saturated heterocycles. The minimum absolute atomic E-state index is 0.195. The van der Waals surface area contributed by atoms with Crippen LogP contribution in [0, 0.1) is 0 Å². The smallest absolute Gasteiger partial charge is 0.345 e. The first kappa shape index (κ1) is 16.8. The fourth-order valence-corrected chi connectivity index (χ4v) is 1.43. The van der Waals surface area contributed by atoms with Gasteiger partial charge in [0.25, 0.3) is 0 Å². The van der Waals surface area contributed by atoms with E-state index in [9.17, 15) is 4.79 Å². The first-order valence-corrected chi connectivity index (χ1v) is 6.18. The lowest BCUT2D eigenvalue weighted by Crippen LogP contribution is -2.43. The highest BCUT2D eigenvalue weighted by Gasteiger charge is 2.23. The Bertz CT molecular complexity index is 326. The van der Waals surface area contributed by atoms with Crippen molar-refractivity contribution in [1.29, 1.82) is 0 Å². The van der Waals surface area contributed by atoms with E-state index in [1.54, 1.807) is 20.5 Å². The Hall–Kier alpha value is -1.20. The summed E-state index contributed by atoms with van der Waals surface area (Å²) < 4.78 is 5.76. The zero-order valence-corrected chi connectivity index (χ0v) is 12.4. The van der Waals surface area contributed by atoms with Gasteiger partial charge in [0.05, 0.1) is 19.7 Å². The second kappa shape index (κ2) is 8.00. The van der Waals surface area contributed by atoms with Crippen molar-refractivity contribution in [1.82, 2.24) is 5.32 Å². The molecular weight excluding hydrogens is 230 g/mol. The number of carbonyl (C=O) groups excluding carboxylic acids is 1. The standard InChI is InChI=1S/C13H25N3O2/c1-7-11(2)16(5,9-8-12(3)18-6)10-15-13(17)14-4/h7,10,12H,8-9H2,1-6H3/p+1. The maximum Gasteiger partial charge on any atom is 0.345 e. The summed E-state index contributed by atoms with van der Waals surface area (Å²) in [6.45, 7) is 6.89. The molecule has 1 N–H and O–H groups in total. The molecule has 5 heteroatoms. The van der Waals surface area contributed by atoms with Crippen molar-refractivity contribution < 1.29 is 14.0 Å². The van der Waals surface area contributed by atoms with Gasteiger partial charge in [-0.25, -0.2) is 4.79 Å². The van der Waals surface area contributed by atoms with E-state index >= 15 is 0 Å². The Balaban J connectivity index is 4.84. The van der Waals surface area contributed by atoms with Crippen LogP contribution in [0.2, 0.25) is 0 Å². The van der Waals surface area contributed by atoms with Crippen LogP contribution in [0.1, 0.15) is 27.2 Å². The van der Waals surface area contributed by atoms with Crippen LogP contribution < -0.4 is 5.32 Å². The van der Waals surface area contributed by atoms with Crippen molar-refractivity contribution in [3.8, 4) is 0 Å². The molecule has 2 amide bonds. The summed E-state index contributed by atoms with van der Waals surface area (Å²) >= 11 is 0. The molecule has 0 aliphatic rings. The lowest BCUT2D eigenvalue weighted by atomic mass is 10.2. The van der Waals surface area contributed by atoms with Crippen LogP contribution >= 0.6 is 0 Å². The van der Waals surface area contributed by atoms with Crippen molar-refractivity contribution in [2.24, 2.45) is 4.99 Å². The predicted molar refractivity (Wildman–Crippen MR) is 74.5 cm³/mol. The number of rotatable bonds is 6. The van der Waals surface area contributed by atoms with Gasteiger partial charge in [-0.2, -0.15) is 0 Å². The molecule has 2 atom stereocenters. The number of ether oxygens (including phenoxy) is 1. The molecule has 0 aliphatic heterocycles. The number of hydrogen-bond acceptors (Lipinski definition) is 2. The number of nitrogens with zero attached hydrogens (tertiary/aromatic N) is 2. The number of nitrogens with one attached hydrogen (secondary N) is 1. The molecule has 0 heterocycles. The number of carbonyl (C=O) groups is 1. The zero-order chi connectivity index (χ0) is 14.2. The third kappa shape index (κ3) is 5.42. The van der Waals surface area contributed by atoms with E-state index in [1.807, 2.05) is 33.9 Å². The lowest BCUT2D eigenvalue weighted by molar-refractivity contribution is -0.774. The van der Waals surface area contributed by atoms with E-state index in [1.165, 1.54) is 0 Å². The summed E-state index contributed by atoms with van der Waals surface area (Å²) in [7, 11) is 5.31. The Kier molecular flexibility index (Phi) is 7.47. The molecule has 0 aromatic carbocycles. The molecule has 0 rings (SSSR count). The quantitative estimate of drug-likeness (QED) is 0.450. The van der Waals surface area contributed by atoms with Gasteiger partial charge in [0.2, 0.25) is 0 Å². The van der Waals surface area contributed by atoms with Crippen LogP contribution in [0.5, 0.6) is 0 Å². The second-order valence-electron chi connectivity index (χ2n) is 4.56. The van der Waals surface area contributed by atoms with Crippen LogP contribution in [-0.4, -0.2) is 50.7 Å². The summed E-state index contributed by atoms with van der Waals surface area (Å²) in [6.07, 6.45) is 4.81. The molecule has 2 unspecified atom stereocenters. The first-order valence-electron chi connectivity index (χ1n) is 6.18. The first-order chi connectivity index (χ1) is 8.39. The minimum atomic E-state index is -0.331. The van der Waals surface area contributed by atoms with Crippen LogP contribution in [0.3, 0.4) is 0 Å². The molecular formula is C13H26N3O2+. The fraction of sp³-hybridized carbons (Fsp3) is 0.692. The lowest BCUT2D eigenvalue weighted by Gasteiger charge is -2.30. The zero-order valence-electron chi connectivity index (χ0n) is 12.4. The van der Waals surface area contributed by atoms with Gasteiger partial charge < -0.3 is 10.1 Å². The van der Waals surface area contributed by atoms with Crippen molar-refractivity contribution in [3.63, 3.8) is 0 Å². The van der Waals surface area contributed by atoms with Gasteiger partial charge in [0.1, 0.15) is 5.70 Å². The number of aliphatic imine (C=N–C) groups is 1. The second-order valence-corrected chi connectivity index (χ2v) is 4.56. The molecule has 0 aliphatic carbocycles. The Morgan fingerprint density at radius 1 is 1.56 bits per heavy atom.